The third-order valence-electron chi connectivity index (χ3n) is 9.89. The average Bonchev–Trinajstić information content (AvgIpc) is 3.90. The Morgan fingerprint density at radius 1 is 0.690 bits per heavy atom. The lowest BCUT2D eigenvalue weighted by Gasteiger charge is -2.30. The van der Waals surface area contributed by atoms with Crippen LogP contribution < -0.4 is 32.3 Å². The van der Waals surface area contributed by atoms with E-state index in [2.05, 4.69) is 26.6 Å². The Morgan fingerprint density at radius 2 is 1.14 bits per heavy atom. The van der Waals surface area contributed by atoms with E-state index in [1.165, 1.54) is 38.1 Å². The van der Waals surface area contributed by atoms with Crippen molar-refractivity contribution in [1.29, 1.82) is 0 Å². The van der Waals surface area contributed by atoms with Gasteiger partial charge in [0, 0.05) is 19.5 Å². The fourth-order valence-corrected chi connectivity index (χ4v) is 6.48. The van der Waals surface area contributed by atoms with Gasteiger partial charge in [-0.25, -0.2) is 0 Å². The van der Waals surface area contributed by atoms with Crippen LogP contribution in [-0.4, -0.2) is 182 Å². The predicted octanol–water partition coefficient (Wildman–Crippen LogP) is -6.39. The van der Waals surface area contributed by atoms with Crippen LogP contribution in [0.4, 0.5) is 0 Å². The molecule has 2 saturated heterocycles. The number of phenols is 1. The Bertz CT molecular complexity index is 1630. The number of rotatable bonds is 20. The summed E-state index contributed by atoms with van der Waals surface area (Å²) in [6.07, 6.45) is -1.41. The van der Waals surface area contributed by atoms with E-state index in [0.29, 0.717) is 24.7 Å². The minimum Gasteiger partial charge on any atom is -0.508 e. The normalized spacial score (nSPS) is 20.6. The summed E-state index contributed by atoms with van der Waals surface area (Å²) in [6, 6.07) is -5.76. The summed E-state index contributed by atoms with van der Waals surface area (Å²) in [7, 11) is 0. The largest absolute Gasteiger partial charge is 0.508 e. The average molecular weight is 823 g/mol. The van der Waals surface area contributed by atoms with Gasteiger partial charge in [0.1, 0.15) is 60.4 Å². The number of aldehydes is 1. The molecule has 0 aliphatic carbocycles. The smallest absolute Gasteiger partial charge is 0.248 e. The molecule has 58 heavy (non-hydrogen) atoms. The molecule has 13 N–H and O–H groups in total. The topological polar surface area (TPSA) is 351 Å². The van der Waals surface area contributed by atoms with Crippen molar-refractivity contribution in [2.24, 2.45) is 5.73 Å². The number of hydrogen-bond donors (Lipinski definition) is 12. The third kappa shape index (κ3) is 12.4. The number of amides is 7. The Morgan fingerprint density at radius 3 is 1.59 bits per heavy atom. The fraction of sp³-hybridized carbons (Fsp3) is 0.611. The highest BCUT2D eigenvalue weighted by atomic mass is 16.3. The lowest BCUT2D eigenvalue weighted by molar-refractivity contribution is -0.144. The number of aliphatic hydroxyl groups is 5. The van der Waals surface area contributed by atoms with E-state index in [9.17, 15) is 69.0 Å². The second-order valence-electron chi connectivity index (χ2n) is 14.2. The van der Waals surface area contributed by atoms with Gasteiger partial charge in [-0.2, -0.15) is 0 Å². The molecule has 0 spiro atoms. The number of nitrogens with one attached hydrogen (secondary N) is 5. The highest BCUT2D eigenvalue weighted by molar-refractivity contribution is 5.98. The maximum Gasteiger partial charge on any atom is 0.248 e. The zero-order valence-corrected chi connectivity index (χ0v) is 32.2. The molecule has 0 radical (unpaired) electrons. The standard InChI is InChI=1S/C36H54N8O14/c1-18(49)23(14-45)39-32(54)27-5-3-11-43(27)35(57)25(16-47)41-30(52)22(13-20-7-9-21(51)10-8-20)38-31(53)24(15-46)40-33(55)28-6-4-12-44(28)36(58)26(17-48)42-34(56)29(37)19(2)50/h7-10,14,18-19,22-29,46-51H,3-6,11-13,15-17,37H2,1-2H3,(H,38,53)(H,39,54)(H,40,55)(H,41,52)(H,42,56)/t18-,19-,22+,23-,24+,25+,26+,27+,28+,29+/m1/s1. The van der Waals surface area contributed by atoms with Gasteiger partial charge in [-0.3, -0.25) is 33.6 Å². The van der Waals surface area contributed by atoms with E-state index >= 15 is 0 Å². The minimum atomic E-state index is -1.69. The first-order valence-corrected chi connectivity index (χ1v) is 18.8. The van der Waals surface area contributed by atoms with Crippen molar-refractivity contribution in [3.63, 3.8) is 0 Å². The first-order valence-electron chi connectivity index (χ1n) is 18.8. The lowest BCUT2D eigenvalue weighted by atomic mass is 10.0. The number of nitrogens with zero attached hydrogens (tertiary/aromatic N) is 2. The predicted molar refractivity (Wildman–Crippen MR) is 200 cm³/mol. The van der Waals surface area contributed by atoms with Crippen LogP contribution >= 0.6 is 0 Å². The van der Waals surface area contributed by atoms with Gasteiger partial charge in [-0.15, -0.1) is 0 Å². The van der Waals surface area contributed by atoms with Gasteiger partial charge >= 0.3 is 0 Å². The summed E-state index contributed by atoms with van der Waals surface area (Å²) < 4.78 is 0. The molecule has 7 amide bonds. The molecular formula is C36H54N8O14. The van der Waals surface area contributed by atoms with Crippen molar-refractivity contribution in [2.45, 2.75) is 106 Å². The number of carbonyl (C=O) groups excluding carboxylic acids is 8. The summed E-state index contributed by atoms with van der Waals surface area (Å²) in [6.45, 7) is -0.128. The van der Waals surface area contributed by atoms with Crippen molar-refractivity contribution < 1.29 is 69.0 Å². The highest BCUT2D eigenvalue weighted by Gasteiger charge is 2.41. The zero-order chi connectivity index (χ0) is 43.3. The van der Waals surface area contributed by atoms with Gasteiger partial charge in [-0.05, 0) is 57.2 Å². The molecule has 10 atom stereocenters. The number of benzene rings is 1. The van der Waals surface area contributed by atoms with Crippen LogP contribution in [0.15, 0.2) is 24.3 Å². The fourth-order valence-electron chi connectivity index (χ4n) is 6.48. The Balaban J connectivity index is 1.76. The zero-order valence-electron chi connectivity index (χ0n) is 32.2. The number of phenolic OH excluding ortho intramolecular Hbond substituents is 1. The lowest BCUT2D eigenvalue weighted by Crippen LogP contribution is -2.61. The molecule has 0 bridgehead atoms. The van der Waals surface area contributed by atoms with Crippen molar-refractivity contribution in [3.05, 3.63) is 29.8 Å². The van der Waals surface area contributed by atoms with Gasteiger partial charge in [0.25, 0.3) is 0 Å². The summed E-state index contributed by atoms with van der Waals surface area (Å²) in [4.78, 5) is 106. The first kappa shape index (κ1) is 47.1. The van der Waals surface area contributed by atoms with E-state index < -0.39 is 122 Å². The molecule has 0 saturated carbocycles. The molecule has 2 fully saturated rings. The number of aliphatic hydroxyl groups excluding tert-OH is 5. The van der Waals surface area contributed by atoms with Crippen LogP contribution in [0.5, 0.6) is 5.75 Å². The Labute approximate surface area is 333 Å². The van der Waals surface area contributed by atoms with E-state index in [4.69, 9.17) is 5.73 Å². The summed E-state index contributed by atoms with van der Waals surface area (Å²) >= 11 is 0. The van der Waals surface area contributed by atoms with Gasteiger partial charge < -0.3 is 77.6 Å². The van der Waals surface area contributed by atoms with Gasteiger partial charge in [-0.1, -0.05) is 12.1 Å². The molecule has 3 rings (SSSR count). The van der Waals surface area contributed by atoms with Gasteiger partial charge in [0.2, 0.25) is 41.4 Å². The second-order valence-corrected chi connectivity index (χ2v) is 14.2. The van der Waals surface area contributed by atoms with Crippen LogP contribution in [-0.2, 0) is 44.8 Å². The quantitative estimate of drug-likeness (QED) is 0.0544. The molecule has 2 aliphatic heterocycles. The number of carbonyl (C=O) groups is 8. The van der Waals surface area contributed by atoms with Crippen LogP contribution in [0.2, 0.25) is 0 Å². The molecule has 0 aromatic heterocycles. The van der Waals surface area contributed by atoms with Crippen molar-refractivity contribution >= 4 is 47.6 Å². The van der Waals surface area contributed by atoms with E-state index in [0.717, 1.165) is 9.80 Å². The van der Waals surface area contributed by atoms with E-state index in [1.807, 2.05) is 0 Å². The summed E-state index contributed by atoms with van der Waals surface area (Å²) in [5.41, 5.74) is 6.03. The minimum absolute atomic E-state index is 0.0331. The van der Waals surface area contributed by atoms with Crippen LogP contribution in [0, 0.1) is 0 Å². The van der Waals surface area contributed by atoms with Crippen LogP contribution in [0.1, 0.15) is 45.1 Å². The van der Waals surface area contributed by atoms with Crippen molar-refractivity contribution in [1.82, 2.24) is 36.4 Å². The molecule has 1 aromatic carbocycles. The summed E-state index contributed by atoms with van der Waals surface area (Å²) in [5.74, 6) is -6.40. The number of aromatic hydroxyl groups is 1. The van der Waals surface area contributed by atoms with E-state index in [-0.39, 0.29) is 38.1 Å². The molecule has 22 heteroatoms. The van der Waals surface area contributed by atoms with E-state index in [1.54, 1.807) is 0 Å². The Kier molecular flexibility index (Phi) is 17.9. The monoisotopic (exact) mass is 822 g/mol. The van der Waals surface area contributed by atoms with Crippen LogP contribution in [0.25, 0.3) is 0 Å². The molecule has 1 aromatic rings. The van der Waals surface area contributed by atoms with Crippen molar-refractivity contribution in [3.8, 4) is 5.75 Å². The van der Waals surface area contributed by atoms with Gasteiger partial charge in [0.15, 0.2) is 0 Å². The second kappa shape index (κ2) is 22.0. The third-order valence-corrected chi connectivity index (χ3v) is 9.89. The first-order chi connectivity index (χ1) is 27.5. The van der Waals surface area contributed by atoms with Crippen LogP contribution in [0.3, 0.4) is 0 Å². The molecular weight excluding hydrogens is 768 g/mol. The summed E-state index contributed by atoms with van der Waals surface area (Å²) in [5, 5.41) is 71.0. The molecule has 22 nitrogen and oxygen atoms in total. The number of hydrogen-bond acceptors (Lipinski definition) is 15. The Hall–Kier alpha value is -5.26. The van der Waals surface area contributed by atoms with Crippen molar-refractivity contribution in [2.75, 3.05) is 32.9 Å². The van der Waals surface area contributed by atoms with Gasteiger partial charge in [0.05, 0.1) is 32.0 Å². The SMILES string of the molecule is C[C@@H](O)[C@H](N)C(=O)N[C@@H](CO)C(=O)N1CCC[C@H]1C(=O)N[C@@H](CO)C(=O)N[C@@H](Cc1ccc(O)cc1)C(=O)N[C@@H](CO)C(=O)N1CCC[C@H]1C(=O)N[C@H](C=O)[C@@H](C)O. The maximum absolute atomic E-state index is 13.8. The molecule has 2 heterocycles. The molecule has 2 aliphatic rings. The maximum atomic E-state index is 13.8. The molecule has 322 valence electrons. The number of nitrogens with two attached hydrogens (primary N) is 1. The number of likely N-dealkylation sites (tertiary alicyclic amines) is 2. The highest BCUT2D eigenvalue weighted by Crippen LogP contribution is 2.21. The molecule has 0 unspecified atom stereocenters.